The molecule has 2 aromatic rings. The van der Waals surface area contributed by atoms with E-state index >= 15 is 0 Å². The Hall–Kier alpha value is -2.35. The Morgan fingerprint density at radius 3 is 2.14 bits per heavy atom. The van der Waals surface area contributed by atoms with Crippen molar-refractivity contribution in [3.05, 3.63) is 77.4 Å². The van der Waals surface area contributed by atoms with Crippen molar-refractivity contribution in [3.8, 4) is 0 Å². The van der Waals surface area contributed by atoms with Crippen LogP contribution in [0.2, 0.25) is 0 Å². The quantitative estimate of drug-likeness (QED) is 0.840. The number of carbonyl (C=O) groups is 1. The second-order valence-corrected chi connectivity index (χ2v) is 5.74. The maximum absolute atomic E-state index is 12.2. The summed E-state index contributed by atoms with van der Waals surface area (Å²) in [4.78, 5) is 12.2. The van der Waals surface area contributed by atoms with Gasteiger partial charge in [0.15, 0.2) is 0 Å². The molecular weight excluding hydrogens is 272 g/mol. The van der Waals surface area contributed by atoms with E-state index in [1.165, 1.54) is 0 Å². The van der Waals surface area contributed by atoms with Gasteiger partial charge in [0.05, 0.1) is 0 Å². The molecule has 1 atom stereocenters. The summed E-state index contributed by atoms with van der Waals surface area (Å²) in [6, 6.07) is 19.5. The van der Waals surface area contributed by atoms with Gasteiger partial charge >= 0.3 is 5.97 Å². The van der Waals surface area contributed by atoms with Gasteiger partial charge in [-0.05, 0) is 35.1 Å². The summed E-state index contributed by atoms with van der Waals surface area (Å²) in [5, 5.41) is 10.0. The summed E-state index contributed by atoms with van der Waals surface area (Å²) in [6.07, 6.45) is 2.94. The van der Waals surface area contributed by atoms with Crippen LogP contribution in [0.3, 0.4) is 0 Å². The van der Waals surface area contributed by atoms with E-state index < -0.39 is 11.4 Å². The smallest absolute Gasteiger partial charge is 0.322 e. The molecule has 0 aliphatic heterocycles. The fourth-order valence-electron chi connectivity index (χ4n) is 3.36. The zero-order valence-electron chi connectivity index (χ0n) is 12.8. The number of benzene rings is 2. The first-order chi connectivity index (χ1) is 10.7. The average molecular weight is 292 g/mol. The standard InChI is InChI=1S/C20H20O2/c1-2-3-14-17-18(15-10-6-4-7-11-15)20(17,19(21)22)16-12-8-5-9-13-16/h4-13H,2-3,14H2,1H3,(H,21,22). The molecule has 3 rings (SSSR count). The Balaban J connectivity index is 2.09. The van der Waals surface area contributed by atoms with Crippen LogP contribution in [0.25, 0.3) is 5.57 Å². The molecule has 0 fully saturated rings. The van der Waals surface area contributed by atoms with Crippen molar-refractivity contribution < 1.29 is 9.90 Å². The third-order valence-corrected chi connectivity index (χ3v) is 4.44. The third-order valence-electron chi connectivity index (χ3n) is 4.44. The van der Waals surface area contributed by atoms with Gasteiger partial charge < -0.3 is 5.11 Å². The summed E-state index contributed by atoms with van der Waals surface area (Å²) in [7, 11) is 0. The molecule has 0 saturated heterocycles. The van der Waals surface area contributed by atoms with Gasteiger partial charge in [0.1, 0.15) is 5.41 Å². The van der Waals surface area contributed by atoms with Gasteiger partial charge in [-0.2, -0.15) is 0 Å². The summed E-state index contributed by atoms with van der Waals surface area (Å²) in [5.74, 6) is -0.761. The van der Waals surface area contributed by atoms with Gasteiger partial charge in [0.2, 0.25) is 0 Å². The van der Waals surface area contributed by atoms with Crippen molar-refractivity contribution in [1.82, 2.24) is 0 Å². The third kappa shape index (κ3) is 2.16. The van der Waals surface area contributed by atoms with E-state index in [1.807, 2.05) is 60.7 Å². The van der Waals surface area contributed by atoms with E-state index in [-0.39, 0.29) is 0 Å². The maximum atomic E-state index is 12.2. The SMILES string of the molecule is CCCCC1=C(c2ccccc2)C1(C(=O)O)c1ccccc1. The zero-order chi connectivity index (χ0) is 15.6. The Labute approximate surface area is 131 Å². The van der Waals surface area contributed by atoms with Crippen molar-refractivity contribution in [1.29, 1.82) is 0 Å². The highest BCUT2D eigenvalue weighted by molar-refractivity contribution is 6.14. The average Bonchev–Trinajstić information content (AvgIpc) is 3.24. The zero-order valence-corrected chi connectivity index (χ0v) is 12.8. The minimum absolute atomic E-state index is 0.761. The van der Waals surface area contributed by atoms with Gasteiger partial charge in [-0.15, -0.1) is 0 Å². The molecule has 0 radical (unpaired) electrons. The predicted octanol–water partition coefficient (Wildman–Crippen LogP) is 4.67. The van der Waals surface area contributed by atoms with Crippen LogP contribution < -0.4 is 0 Å². The molecule has 0 spiro atoms. The summed E-state index contributed by atoms with van der Waals surface area (Å²) in [5.41, 5.74) is 3.03. The van der Waals surface area contributed by atoms with Crippen LogP contribution in [-0.4, -0.2) is 11.1 Å². The molecule has 112 valence electrons. The van der Waals surface area contributed by atoms with Crippen molar-refractivity contribution in [2.24, 2.45) is 0 Å². The second-order valence-electron chi connectivity index (χ2n) is 5.74. The Morgan fingerprint density at radius 2 is 1.59 bits per heavy atom. The van der Waals surface area contributed by atoms with Crippen molar-refractivity contribution >= 4 is 11.5 Å². The number of carboxylic acids is 1. The van der Waals surface area contributed by atoms with Crippen LogP contribution in [0.15, 0.2) is 66.2 Å². The van der Waals surface area contributed by atoms with Gasteiger partial charge in [-0.3, -0.25) is 4.79 Å². The van der Waals surface area contributed by atoms with Crippen LogP contribution in [0.5, 0.6) is 0 Å². The molecule has 1 aliphatic rings. The van der Waals surface area contributed by atoms with E-state index in [4.69, 9.17) is 0 Å². The lowest BCUT2D eigenvalue weighted by molar-refractivity contribution is -0.139. The first-order valence-corrected chi connectivity index (χ1v) is 7.81. The Bertz CT molecular complexity index is 701. The maximum Gasteiger partial charge on any atom is 0.322 e. The van der Waals surface area contributed by atoms with E-state index in [0.29, 0.717) is 0 Å². The van der Waals surface area contributed by atoms with E-state index in [9.17, 15) is 9.90 Å². The first-order valence-electron chi connectivity index (χ1n) is 7.81. The van der Waals surface area contributed by atoms with Crippen LogP contribution in [0.4, 0.5) is 0 Å². The second kappa shape index (κ2) is 5.80. The molecule has 0 heterocycles. The fourth-order valence-corrected chi connectivity index (χ4v) is 3.36. The molecular formula is C20H20O2. The molecule has 2 heteroatoms. The number of hydrogen-bond donors (Lipinski definition) is 1. The monoisotopic (exact) mass is 292 g/mol. The van der Waals surface area contributed by atoms with Crippen molar-refractivity contribution in [2.75, 3.05) is 0 Å². The van der Waals surface area contributed by atoms with Crippen molar-refractivity contribution in [2.45, 2.75) is 31.6 Å². The molecule has 0 amide bonds. The molecule has 1 unspecified atom stereocenters. The summed E-state index contributed by atoms with van der Waals surface area (Å²) in [6.45, 7) is 2.14. The minimum Gasteiger partial charge on any atom is -0.480 e. The summed E-state index contributed by atoms with van der Waals surface area (Å²) < 4.78 is 0. The molecule has 1 N–H and O–H groups in total. The fraction of sp³-hybridized carbons (Fsp3) is 0.250. The summed E-state index contributed by atoms with van der Waals surface area (Å²) >= 11 is 0. The van der Waals surface area contributed by atoms with E-state index in [1.54, 1.807) is 0 Å². The highest BCUT2D eigenvalue weighted by atomic mass is 16.4. The Morgan fingerprint density at radius 1 is 1.00 bits per heavy atom. The number of unbranched alkanes of at least 4 members (excludes halogenated alkanes) is 1. The molecule has 0 saturated carbocycles. The normalized spacial score (nSPS) is 20.0. The Kier molecular flexibility index (Phi) is 3.84. The lowest BCUT2D eigenvalue weighted by Gasteiger charge is -2.16. The first kappa shape index (κ1) is 14.6. The molecule has 2 aromatic carbocycles. The van der Waals surface area contributed by atoms with Crippen LogP contribution >= 0.6 is 0 Å². The molecule has 0 bridgehead atoms. The number of hydrogen-bond acceptors (Lipinski definition) is 1. The predicted molar refractivity (Wildman–Crippen MR) is 88.6 cm³/mol. The molecule has 22 heavy (non-hydrogen) atoms. The van der Waals surface area contributed by atoms with Gasteiger partial charge in [0.25, 0.3) is 0 Å². The molecule has 0 aromatic heterocycles. The highest BCUT2D eigenvalue weighted by Gasteiger charge is 2.60. The van der Waals surface area contributed by atoms with Gasteiger partial charge in [0, 0.05) is 0 Å². The number of rotatable bonds is 6. The van der Waals surface area contributed by atoms with E-state index in [2.05, 4.69) is 6.92 Å². The van der Waals surface area contributed by atoms with Crippen LogP contribution in [-0.2, 0) is 10.2 Å². The van der Waals surface area contributed by atoms with E-state index in [0.717, 1.165) is 41.5 Å². The van der Waals surface area contributed by atoms with Crippen molar-refractivity contribution in [3.63, 3.8) is 0 Å². The van der Waals surface area contributed by atoms with Crippen LogP contribution in [0, 0.1) is 0 Å². The van der Waals surface area contributed by atoms with Crippen LogP contribution in [0.1, 0.15) is 37.3 Å². The largest absolute Gasteiger partial charge is 0.480 e. The lowest BCUT2D eigenvalue weighted by Crippen LogP contribution is -2.25. The topological polar surface area (TPSA) is 37.3 Å². The minimum atomic E-state index is -0.919. The lowest BCUT2D eigenvalue weighted by atomic mass is 9.85. The number of carboxylic acid groups (broad SMARTS) is 1. The highest BCUT2D eigenvalue weighted by Crippen LogP contribution is 2.61. The number of aliphatic carboxylic acids is 1. The van der Waals surface area contributed by atoms with Gasteiger partial charge in [-0.1, -0.05) is 74.0 Å². The molecule has 2 nitrogen and oxygen atoms in total. The molecule has 1 aliphatic carbocycles. The van der Waals surface area contributed by atoms with Gasteiger partial charge in [-0.25, -0.2) is 0 Å².